The molecule has 0 radical (unpaired) electrons. The molecule has 0 amide bonds. The molecular weight excluding hydrogens is 1080 g/mol. The largest absolute Gasteiger partial charge is 0.309 e. The van der Waals surface area contributed by atoms with Crippen LogP contribution in [0.2, 0.25) is 0 Å². The first kappa shape index (κ1) is 53.6. The van der Waals surface area contributed by atoms with Crippen LogP contribution < -0.4 is 9.80 Å². The summed E-state index contributed by atoms with van der Waals surface area (Å²) in [5.41, 5.74) is 18.2. The number of para-hydroxylation sites is 2. The van der Waals surface area contributed by atoms with Crippen molar-refractivity contribution in [1.82, 2.24) is 0 Å². The number of anilines is 6. The average Bonchev–Trinajstić information content (AvgIpc) is 0.899. The van der Waals surface area contributed by atoms with E-state index in [-0.39, 0.29) is 0 Å². The standard InChI is InChI=1S/C88H60N2/c1-5-25-61(26-6-1)45-47-63-49-53-72(54-50-63)89(70-31-9-3-10-32-70)87-80-41-21-17-37-76(80)85(77-38-18-22-42-81(77)87)68-58-67(84-74-35-15-13-29-65(74)57-66-30-14-16-36-75(66)84)59-69(60-68)86-78-39-19-23-43-82(78)88(83-44-24-20-40-79(83)86)90(71-33-11-4-12-34-71)73-55-51-64(52-56-73)48-46-62-27-7-2-8-28-62/h1-60H. The second kappa shape index (κ2) is 23.4. The minimum absolute atomic E-state index is 1.08. The second-order valence-electron chi connectivity index (χ2n) is 23.1. The summed E-state index contributed by atoms with van der Waals surface area (Å²) in [6.45, 7) is 0. The van der Waals surface area contributed by atoms with Gasteiger partial charge in [-0.05, 0) is 172 Å². The van der Waals surface area contributed by atoms with Gasteiger partial charge in [0.15, 0.2) is 0 Å². The summed E-state index contributed by atoms with van der Waals surface area (Å²) in [7, 11) is 0. The van der Waals surface area contributed by atoms with Gasteiger partial charge in [0, 0.05) is 44.3 Å². The van der Waals surface area contributed by atoms with Crippen LogP contribution in [0.15, 0.2) is 340 Å². The van der Waals surface area contributed by atoms with Gasteiger partial charge in [0.1, 0.15) is 0 Å². The maximum atomic E-state index is 2.49. The lowest BCUT2D eigenvalue weighted by atomic mass is 9.83. The minimum atomic E-state index is 1.08. The number of hydrogen-bond donors (Lipinski definition) is 0. The Morgan fingerprint density at radius 1 is 0.178 bits per heavy atom. The van der Waals surface area contributed by atoms with Gasteiger partial charge in [-0.3, -0.25) is 0 Å². The molecule has 422 valence electrons. The van der Waals surface area contributed by atoms with Crippen LogP contribution in [-0.2, 0) is 0 Å². The smallest absolute Gasteiger partial charge is 0.0618 e. The first-order valence-electron chi connectivity index (χ1n) is 31.0. The molecule has 2 heteroatoms. The summed E-state index contributed by atoms with van der Waals surface area (Å²) in [4.78, 5) is 4.92. The van der Waals surface area contributed by atoms with Gasteiger partial charge in [-0.25, -0.2) is 0 Å². The highest BCUT2D eigenvalue weighted by Gasteiger charge is 2.26. The number of hydrogen-bond acceptors (Lipinski definition) is 2. The van der Waals surface area contributed by atoms with Crippen molar-refractivity contribution in [1.29, 1.82) is 0 Å². The summed E-state index contributed by atoms with van der Waals surface area (Å²) in [5.74, 6) is 0. The third kappa shape index (κ3) is 9.93. The number of benzene rings is 16. The lowest BCUT2D eigenvalue weighted by Crippen LogP contribution is -2.11. The molecule has 0 aliphatic heterocycles. The van der Waals surface area contributed by atoms with E-state index in [1.54, 1.807) is 0 Å². The fourth-order valence-corrected chi connectivity index (χ4v) is 13.7. The lowest BCUT2D eigenvalue weighted by molar-refractivity contribution is 1.31. The quantitative estimate of drug-likeness (QED) is 0.0839. The highest BCUT2D eigenvalue weighted by molar-refractivity contribution is 6.26. The highest BCUT2D eigenvalue weighted by Crippen LogP contribution is 2.53. The molecule has 0 aliphatic rings. The van der Waals surface area contributed by atoms with Crippen molar-refractivity contribution in [3.05, 3.63) is 362 Å². The third-order valence-electron chi connectivity index (χ3n) is 17.7. The topological polar surface area (TPSA) is 6.48 Å². The Morgan fingerprint density at radius 3 is 0.733 bits per heavy atom. The normalized spacial score (nSPS) is 11.7. The molecule has 0 spiro atoms. The van der Waals surface area contributed by atoms with Crippen molar-refractivity contribution >= 4 is 123 Å². The molecule has 90 heavy (non-hydrogen) atoms. The van der Waals surface area contributed by atoms with Crippen molar-refractivity contribution in [3.63, 3.8) is 0 Å². The van der Waals surface area contributed by atoms with Gasteiger partial charge in [-0.15, -0.1) is 0 Å². The molecule has 16 rings (SSSR count). The van der Waals surface area contributed by atoms with E-state index in [0.29, 0.717) is 0 Å². The average molecular weight is 1150 g/mol. The fourth-order valence-electron chi connectivity index (χ4n) is 13.7. The summed E-state index contributed by atoms with van der Waals surface area (Å²) in [5, 5.41) is 14.2. The predicted octanol–water partition coefficient (Wildman–Crippen LogP) is 24.9. The predicted molar refractivity (Wildman–Crippen MR) is 388 cm³/mol. The number of nitrogens with zero attached hydrogens (tertiary/aromatic N) is 2. The van der Waals surface area contributed by atoms with Crippen LogP contribution in [0.1, 0.15) is 22.3 Å². The zero-order valence-corrected chi connectivity index (χ0v) is 49.5. The molecule has 0 aromatic heterocycles. The van der Waals surface area contributed by atoms with Crippen LogP contribution in [0.4, 0.5) is 34.1 Å². The summed E-state index contributed by atoms with van der Waals surface area (Å²) in [6.07, 6.45) is 8.75. The summed E-state index contributed by atoms with van der Waals surface area (Å²) in [6, 6.07) is 125. The Balaban J connectivity index is 0.949. The third-order valence-corrected chi connectivity index (χ3v) is 17.7. The second-order valence-corrected chi connectivity index (χ2v) is 23.1. The van der Waals surface area contributed by atoms with Crippen LogP contribution in [0.5, 0.6) is 0 Å². The van der Waals surface area contributed by atoms with E-state index in [0.717, 1.165) is 83.5 Å². The van der Waals surface area contributed by atoms with Crippen molar-refractivity contribution < 1.29 is 0 Å². The first-order valence-corrected chi connectivity index (χ1v) is 31.0. The SMILES string of the molecule is C(=Cc1ccc(N(c2ccccc2)c2c3ccccc3c(-c3cc(-c4c5ccccc5cc5ccccc45)cc(-c4c5ccccc5c(N(c5ccccc5)c5ccc(C=Cc6ccccc6)cc5)c5ccccc45)c3)c3ccccc23)cc1)c1ccccc1. The Morgan fingerprint density at radius 2 is 0.411 bits per heavy atom. The number of fused-ring (bicyclic) bond motifs is 6. The van der Waals surface area contributed by atoms with Crippen molar-refractivity contribution in [2.75, 3.05) is 9.80 Å². The Hall–Kier alpha value is -11.8. The first-order chi connectivity index (χ1) is 44.7. The van der Waals surface area contributed by atoms with Gasteiger partial charge in [0.2, 0.25) is 0 Å². The van der Waals surface area contributed by atoms with E-state index in [1.165, 1.54) is 70.9 Å². The van der Waals surface area contributed by atoms with E-state index in [9.17, 15) is 0 Å². The Labute approximate surface area is 525 Å². The van der Waals surface area contributed by atoms with Crippen molar-refractivity contribution in [2.24, 2.45) is 0 Å². The van der Waals surface area contributed by atoms with Crippen molar-refractivity contribution in [2.45, 2.75) is 0 Å². The van der Waals surface area contributed by atoms with Gasteiger partial charge in [-0.2, -0.15) is 0 Å². The molecule has 0 atom stereocenters. The van der Waals surface area contributed by atoms with Crippen LogP contribution >= 0.6 is 0 Å². The number of rotatable bonds is 13. The molecule has 0 fully saturated rings. The Bertz CT molecular complexity index is 4940. The molecule has 0 heterocycles. The van der Waals surface area contributed by atoms with E-state index >= 15 is 0 Å². The van der Waals surface area contributed by atoms with Gasteiger partial charge in [-0.1, -0.05) is 291 Å². The molecule has 16 aromatic rings. The zero-order chi connectivity index (χ0) is 59.7. The van der Waals surface area contributed by atoms with Gasteiger partial charge >= 0.3 is 0 Å². The van der Waals surface area contributed by atoms with Crippen molar-refractivity contribution in [3.8, 4) is 33.4 Å². The molecule has 0 unspecified atom stereocenters. The molecule has 0 saturated heterocycles. The molecule has 0 bridgehead atoms. The van der Waals surface area contributed by atoms with E-state index in [4.69, 9.17) is 0 Å². The van der Waals surface area contributed by atoms with E-state index in [2.05, 4.69) is 374 Å². The molecular formula is C88H60N2. The highest BCUT2D eigenvalue weighted by atomic mass is 15.2. The molecule has 16 aromatic carbocycles. The van der Waals surface area contributed by atoms with E-state index < -0.39 is 0 Å². The molecule has 0 aliphatic carbocycles. The Kier molecular flexibility index (Phi) is 14.0. The van der Waals surface area contributed by atoms with E-state index in [1.807, 2.05) is 0 Å². The lowest BCUT2D eigenvalue weighted by Gasteiger charge is -2.30. The molecule has 0 saturated carbocycles. The van der Waals surface area contributed by atoms with Gasteiger partial charge in [0.25, 0.3) is 0 Å². The monoisotopic (exact) mass is 1140 g/mol. The van der Waals surface area contributed by atoms with Gasteiger partial charge < -0.3 is 9.80 Å². The summed E-state index contributed by atoms with van der Waals surface area (Å²) >= 11 is 0. The van der Waals surface area contributed by atoms with Crippen LogP contribution in [-0.4, -0.2) is 0 Å². The van der Waals surface area contributed by atoms with Crippen LogP contribution in [0.3, 0.4) is 0 Å². The van der Waals surface area contributed by atoms with Gasteiger partial charge in [0.05, 0.1) is 11.4 Å². The van der Waals surface area contributed by atoms with Crippen LogP contribution in [0.25, 0.3) is 122 Å². The molecule has 0 N–H and O–H groups in total. The zero-order valence-electron chi connectivity index (χ0n) is 49.5. The maximum Gasteiger partial charge on any atom is 0.0618 e. The summed E-state index contributed by atoms with van der Waals surface area (Å²) < 4.78 is 0. The minimum Gasteiger partial charge on any atom is -0.309 e. The molecule has 2 nitrogen and oxygen atoms in total. The van der Waals surface area contributed by atoms with Crippen LogP contribution in [0, 0.1) is 0 Å². The maximum absolute atomic E-state index is 2.49. The fraction of sp³-hybridized carbons (Fsp3) is 0.